The first-order valence-corrected chi connectivity index (χ1v) is 5.65. The SMILES string of the molecule is CNC1COCCN(C(=O)OC(C)(C)C)C1. The molecule has 0 bridgehead atoms. The highest BCUT2D eigenvalue weighted by Crippen LogP contribution is 2.11. The zero-order chi connectivity index (χ0) is 12.2. The summed E-state index contributed by atoms with van der Waals surface area (Å²) in [6.45, 7) is 8.03. The van der Waals surface area contributed by atoms with Crippen LogP contribution >= 0.6 is 0 Å². The van der Waals surface area contributed by atoms with E-state index in [9.17, 15) is 4.79 Å². The van der Waals surface area contributed by atoms with Gasteiger partial charge in [0.1, 0.15) is 5.60 Å². The Morgan fingerprint density at radius 3 is 2.75 bits per heavy atom. The van der Waals surface area contributed by atoms with Crippen LogP contribution < -0.4 is 5.32 Å². The minimum Gasteiger partial charge on any atom is -0.444 e. The van der Waals surface area contributed by atoms with Gasteiger partial charge in [-0.05, 0) is 27.8 Å². The van der Waals surface area contributed by atoms with Crippen molar-refractivity contribution in [3.63, 3.8) is 0 Å². The van der Waals surface area contributed by atoms with Crippen LogP contribution in [0.15, 0.2) is 0 Å². The molecule has 1 fully saturated rings. The van der Waals surface area contributed by atoms with Gasteiger partial charge in [0.05, 0.1) is 13.2 Å². The molecule has 94 valence electrons. The highest BCUT2D eigenvalue weighted by Gasteiger charge is 2.25. The molecular weight excluding hydrogens is 208 g/mol. The highest BCUT2D eigenvalue weighted by molar-refractivity contribution is 5.68. The second kappa shape index (κ2) is 5.50. The van der Waals surface area contributed by atoms with Gasteiger partial charge in [-0.2, -0.15) is 0 Å². The lowest BCUT2D eigenvalue weighted by molar-refractivity contribution is 0.0239. The average Bonchev–Trinajstić information content (AvgIpc) is 2.39. The number of nitrogens with zero attached hydrogens (tertiary/aromatic N) is 1. The molecule has 1 saturated heterocycles. The number of ether oxygens (including phenoxy) is 2. The molecule has 0 aliphatic carbocycles. The molecule has 0 aromatic carbocycles. The normalized spacial score (nSPS) is 22.8. The Kier molecular flexibility index (Phi) is 4.56. The zero-order valence-corrected chi connectivity index (χ0v) is 10.6. The molecule has 0 saturated carbocycles. The van der Waals surface area contributed by atoms with Crippen molar-refractivity contribution in [2.24, 2.45) is 0 Å². The maximum atomic E-state index is 11.8. The van der Waals surface area contributed by atoms with Gasteiger partial charge in [0.25, 0.3) is 0 Å². The number of amides is 1. The molecule has 0 aromatic heterocycles. The molecule has 1 aliphatic rings. The third-order valence-electron chi connectivity index (χ3n) is 2.33. The van der Waals surface area contributed by atoms with E-state index in [1.54, 1.807) is 4.90 Å². The Bertz CT molecular complexity index is 238. The molecule has 0 aromatic rings. The summed E-state index contributed by atoms with van der Waals surface area (Å²) in [5.41, 5.74) is -0.445. The third kappa shape index (κ3) is 4.37. The first-order chi connectivity index (χ1) is 7.42. The molecule has 1 atom stereocenters. The standard InChI is InChI=1S/C11H22N2O3/c1-11(2,3)16-10(14)13-5-6-15-8-9(7-13)12-4/h9,12H,5-8H2,1-4H3. The van der Waals surface area contributed by atoms with Crippen LogP contribution in [0.1, 0.15) is 20.8 Å². The van der Waals surface area contributed by atoms with Gasteiger partial charge in [0.15, 0.2) is 0 Å². The van der Waals surface area contributed by atoms with Crippen LogP contribution in [0.25, 0.3) is 0 Å². The van der Waals surface area contributed by atoms with Crippen LogP contribution in [0.2, 0.25) is 0 Å². The molecule has 0 spiro atoms. The van der Waals surface area contributed by atoms with Gasteiger partial charge >= 0.3 is 6.09 Å². The van der Waals surface area contributed by atoms with E-state index in [1.807, 2.05) is 27.8 Å². The van der Waals surface area contributed by atoms with Crippen LogP contribution in [0.3, 0.4) is 0 Å². The molecule has 0 radical (unpaired) electrons. The van der Waals surface area contributed by atoms with Crippen molar-refractivity contribution in [1.29, 1.82) is 0 Å². The third-order valence-corrected chi connectivity index (χ3v) is 2.33. The Hall–Kier alpha value is -0.810. The van der Waals surface area contributed by atoms with Gasteiger partial charge in [0, 0.05) is 19.1 Å². The number of likely N-dealkylation sites (N-methyl/N-ethyl adjacent to an activating group) is 1. The summed E-state index contributed by atoms with van der Waals surface area (Å²) in [5.74, 6) is 0. The predicted octanol–water partition coefficient (Wildman–Crippen LogP) is 0.842. The lowest BCUT2D eigenvalue weighted by atomic mass is 10.2. The lowest BCUT2D eigenvalue weighted by Crippen LogP contribution is -2.44. The minimum absolute atomic E-state index is 0.176. The van der Waals surface area contributed by atoms with Crippen molar-refractivity contribution in [2.45, 2.75) is 32.4 Å². The minimum atomic E-state index is -0.445. The molecule has 1 N–H and O–H groups in total. The fraction of sp³-hybridized carbons (Fsp3) is 0.909. The Morgan fingerprint density at radius 2 is 2.19 bits per heavy atom. The maximum Gasteiger partial charge on any atom is 0.410 e. The predicted molar refractivity (Wildman–Crippen MR) is 61.5 cm³/mol. The first-order valence-electron chi connectivity index (χ1n) is 5.65. The van der Waals surface area contributed by atoms with E-state index in [0.717, 1.165) is 0 Å². The van der Waals surface area contributed by atoms with Crippen molar-refractivity contribution in [3.8, 4) is 0 Å². The summed E-state index contributed by atoms with van der Waals surface area (Å²) in [4.78, 5) is 13.5. The molecule has 16 heavy (non-hydrogen) atoms. The average molecular weight is 230 g/mol. The fourth-order valence-electron chi connectivity index (χ4n) is 1.48. The van der Waals surface area contributed by atoms with Crippen molar-refractivity contribution < 1.29 is 14.3 Å². The summed E-state index contributed by atoms with van der Waals surface area (Å²) in [5, 5.41) is 3.12. The Morgan fingerprint density at radius 1 is 1.50 bits per heavy atom. The van der Waals surface area contributed by atoms with E-state index in [2.05, 4.69) is 5.32 Å². The van der Waals surface area contributed by atoms with E-state index in [-0.39, 0.29) is 12.1 Å². The van der Waals surface area contributed by atoms with Crippen LogP contribution in [0, 0.1) is 0 Å². The van der Waals surface area contributed by atoms with Crippen LogP contribution in [0.5, 0.6) is 0 Å². The van der Waals surface area contributed by atoms with E-state index < -0.39 is 5.60 Å². The van der Waals surface area contributed by atoms with Crippen molar-refractivity contribution in [3.05, 3.63) is 0 Å². The van der Waals surface area contributed by atoms with E-state index >= 15 is 0 Å². The largest absolute Gasteiger partial charge is 0.444 e. The summed E-state index contributed by atoms with van der Waals surface area (Å²) >= 11 is 0. The topological polar surface area (TPSA) is 50.8 Å². The van der Waals surface area contributed by atoms with E-state index in [0.29, 0.717) is 26.3 Å². The number of hydrogen-bond acceptors (Lipinski definition) is 4. The highest BCUT2D eigenvalue weighted by atomic mass is 16.6. The molecule has 1 heterocycles. The van der Waals surface area contributed by atoms with Gasteiger partial charge in [-0.1, -0.05) is 0 Å². The smallest absolute Gasteiger partial charge is 0.410 e. The molecule has 1 rings (SSSR count). The van der Waals surface area contributed by atoms with Gasteiger partial charge in [-0.15, -0.1) is 0 Å². The number of hydrogen-bond donors (Lipinski definition) is 1. The van der Waals surface area contributed by atoms with Crippen molar-refractivity contribution in [2.75, 3.05) is 33.4 Å². The van der Waals surface area contributed by atoms with Crippen LogP contribution in [-0.2, 0) is 9.47 Å². The number of carbonyl (C=O) groups excluding carboxylic acids is 1. The van der Waals surface area contributed by atoms with Crippen molar-refractivity contribution in [1.82, 2.24) is 10.2 Å². The lowest BCUT2D eigenvalue weighted by Gasteiger charge is -2.27. The van der Waals surface area contributed by atoms with E-state index in [4.69, 9.17) is 9.47 Å². The maximum absolute atomic E-state index is 11.8. The molecule has 5 heteroatoms. The first kappa shape index (κ1) is 13.3. The second-order valence-corrected chi connectivity index (χ2v) is 4.99. The van der Waals surface area contributed by atoms with Gasteiger partial charge in [-0.25, -0.2) is 4.79 Å². The van der Waals surface area contributed by atoms with Gasteiger partial charge in [0.2, 0.25) is 0 Å². The molecule has 1 amide bonds. The summed E-state index contributed by atoms with van der Waals surface area (Å²) in [6, 6.07) is 0.176. The number of nitrogens with one attached hydrogen (secondary N) is 1. The monoisotopic (exact) mass is 230 g/mol. The Labute approximate surface area is 97.1 Å². The van der Waals surface area contributed by atoms with Gasteiger partial charge in [-0.3, -0.25) is 0 Å². The quantitative estimate of drug-likeness (QED) is 0.725. The number of carbonyl (C=O) groups is 1. The second-order valence-electron chi connectivity index (χ2n) is 4.99. The van der Waals surface area contributed by atoms with Crippen LogP contribution in [0.4, 0.5) is 4.79 Å². The van der Waals surface area contributed by atoms with Gasteiger partial charge < -0.3 is 19.7 Å². The fourth-order valence-corrected chi connectivity index (χ4v) is 1.48. The Balaban J connectivity index is 2.53. The molecule has 1 unspecified atom stereocenters. The molecular formula is C11H22N2O3. The van der Waals surface area contributed by atoms with Crippen molar-refractivity contribution >= 4 is 6.09 Å². The van der Waals surface area contributed by atoms with Crippen LogP contribution in [-0.4, -0.2) is 56.0 Å². The summed E-state index contributed by atoms with van der Waals surface area (Å²) in [7, 11) is 1.87. The molecule has 1 aliphatic heterocycles. The summed E-state index contributed by atoms with van der Waals surface area (Å²) in [6.07, 6.45) is -0.266. The zero-order valence-electron chi connectivity index (χ0n) is 10.6. The molecule has 5 nitrogen and oxygen atoms in total. The number of rotatable bonds is 1. The van der Waals surface area contributed by atoms with E-state index in [1.165, 1.54) is 0 Å². The summed E-state index contributed by atoms with van der Waals surface area (Å²) < 4.78 is 10.7.